The average molecular weight is 568 g/mol. The van der Waals surface area contributed by atoms with Crippen LogP contribution in [0.25, 0.3) is 0 Å². The molecule has 2 aromatic rings. The SMILES string of the molecule is CN[C@@H](C)C(=O)N[C@H](C(=O)N1CCN(Cc2ccccc2Cl)C[C@H]1C(=O)NC1CCCc2ccccc21)C(C)C. The van der Waals surface area contributed by atoms with E-state index in [1.165, 1.54) is 5.56 Å². The highest BCUT2D eigenvalue weighted by atomic mass is 35.5. The summed E-state index contributed by atoms with van der Waals surface area (Å²) in [5.41, 5.74) is 3.40. The summed E-state index contributed by atoms with van der Waals surface area (Å²) in [6, 6.07) is 14.0. The molecule has 9 heteroatoms. The van der Waals surface area contributed by atoms with E-state index in [1.807, 2.05) is 50.2 Å². The zero-order chi connectivity index (χ0) is 28.8. The number of nitrogens with one attached hydrogen (secondary N) is 3. The third kappa shape index (κ3) is 7.03. The predicted octanol–water partition coefficient (Wildman–Crippen LogP) is 3.30. The van der Waals surface area contributed by atoms with Gasteiger partial charge in [-0.25, -0.2) is 0 Å². The van der Waals surface area contributed by atoms with E-state index >= 15 is 0 Å². The number of carbonyl (C=O) groups excluding carboxylic acids is 3. The molecule has 2 aromatic carbocycles. The van der Waals surface area contributed by atoms with Crippen molar-refractivity contribution in [2.75, 3.05) is 26.7 Å². The van der Waals surface area contributed by atoms with Crippen LogP contribution in [0.15, 0.2) is 48.5 Å². The first-order chi connectivity index (χ1) is 19.2. The Hall–Kier alpha value is -2.94. The molecule has 40 heavy (non-hydrogen) atoms. The Labute approximate surface area is 242 Å². The van der Waals surface area contributed by atoms with Crippen molar-refractivity contribution in [2.24, 2.45) is 5.92 Å². The molecule has 216 valence electrons. The van der Waals surface area contributed by atoms with Gasteiger partial charge in [0.1, 0.15) is 12.1 Å². The van der Waals surface area contributed by atoms with E-state index in [9.17, 15) is 14.4 Å². The van der Waals surface area contributed by atoms with Crippen LogP contribution in [0.4, 0.5) is 0 Å². The molecule has 4 rings (SSSR count). The molecule has 1 heterocycles. The van der Waals surface area contributed by atoms with Gasteiger partial charge in [-0.1, -0.05) is 67.9 Å². The van der Waals surface area contributed by atoms with Gasteiger partial charge in [0.25, 0.3) is 0 Å². The lowest BCUT2D eigenvalue weighted by molar-refractivity contribution is -0.148. The zero-order valence-electron chi connectivity index (χ0n) is 24.0. The summed E-state index contributed by atoms with van der Waals surface area (Å²) in [6.07, 6.45) is 2.86. The van der Waals surface area contributed by atoms with Gasteiger partial charge in [0.05, 0.1) is 12.1 Å². The Bertz CT molecular complexity index is 1200. The molecule has 3 N–H and O–H groups in total. The van der Waals surface area contributed by atoms with Crippen molar-refractivity contribution in [3.8, 4) is 0 Å². The van der Waals surface area contributed by atoms with E-state index in [-0.39, 0.29) is 29.7 Å². The number of aryl methyl sites for hydroxylation is 1. The number of hydrogen-bond donors (Lipinski definition) is 3. The summed E-state index contributed by atoms with van der Waals surface area (Å²) in [7, 11) is 1.71. The van der Waals surface area contributed by atoms with E-state index in [0.29, 0.717) is 31.2 Å². The number of nitrogens with zero attached hydrogens (tertiary/aromatic N) is 2. The third-order valence-corrected chi connectivity index (χ3v) is 8.51. The Morgan fingerprint density at radius 3 is 2.48 bits per heavy atom. The van der Waals surface area contributed by atoms with E-state index in [1.54, 1.807) is 18.9 Å². The minimum Gasteiger partial charge on any atom is -0.347 e. The molecule has 2 aliphatic rings. The Kier molecular flexibility index (Phi) is 10.2. The monoisotopic (exact) mass is 567 g/mol. The van der Waals surface area contributed by atoms with Gasteiger partial charge in [0.15, 0.2) is 0 Å². The Morgan fingerprint density at radius 1 is 1.02 bits per heavy atom. The second-order valence-corrected chi connectivity index (χ2v) is 11.7. The highest BCUT2D eigenvalue weighted by molar-refractivity contribution is 6.31. The van der Waals surface area contributed by atoms with Crippen LogP contribution in [0.5, 0.6) is 0 Å². The third-order valence-electron chi connectivity index (χ3n) is 8.14. The number of carbonyl (C=O) groups is 3. The average Bonchev–Trinajstić information content (AvgIpc) is 2.96. The van der Waals surface area contributed by atoms with Crippen molar-refractivity contribution < 1.29 is 14.4 Å². The van der Waals surface area contributed by atoms with Crippen LogP contribution >= 0.6 is 11.6 Å². The first-order valence-electron chi connectivity index (χ1n) is 14.3. The zero-order valence-corrected chi connectivity index (χ0v) is 24.7. The normalized spacial score (nSPS) is 20.9. The molecule has 0 spiro atoms. The van der Waals surface area contributed by atoms with E-state index in [2.05, 4.69) is 33.0 Å². The van der Waals surface area contributed by atoms with Gasteiger partial charge in [0, 0.05) is 31.2 Å². The smallest absolute Gasteiger partial charge is 0.246 e. The van der Waals surface area contributed by atoms with Crippen LogP contribution in [0, 0.1) is 5.92 Å². The van der Waals surface area contributed by atoms with E-state index in [4.69, 9.17) is 11.6 Å². The summed E-state index contributed by atoms with van der Waals surface area (Å²) in [5, 5.41) is 9.81. The molecule has 0 bridgehead atoms. The lowest BCUT2D eigenvalue weighted by atomic mass is 9.87. The van der Waals surface area contributed by atoms with Gasteiger partial charge in [0.2, 0.25) is 17.7 Å². The van der Waals surface area contributed by atoms with Crippen molar-refractivity contribution in [3.63, 3.8) is 0 Å². The molecule has 0 radical (unpaired) electrons. The molecule has 1 saturated heterocycles. The van der Waals surface area contributed by atoms with Crippen molar-refractivity contribution in [3.05, 3.63) is 70.2 Å². The highest BCUT2D eigenvalue weighted by Crippen LogP contribution is 2.30. The Morgan fingerprint density at radius 2 is 1.75 bits per heavy atom. The van der Waals surface area contributed by atoms with Crippen LogP contribution < -0.4 is 16.0 Å². The predicted molar refractivity (Wildman–Crippen MR) is 158 cm³/mol. The summed E-state index contributed by atoms with van der Waals surface area (Å²) < 4.78 is 0. The van der Waals surface area contributed by atoms with Crippen molar-refractivity contribution in [1.29, 1.82) is 0 Å². The molecule has 0 aromatic heterocycles. The largest absolute Gasteiger partial charge is 0.347 e. The molecular weight excluding hydrogens is 526 g/mol. The molecule has 1 fully saturated rings. The highest BCUT2D eigenvalue weighted by Gasteiger charge is 2.40. The van der Waals surface area contributed by atoms with Gasteiger partial charge in [-0.3, -0.25) is 19.3 Å². The van der Waals surface area contributed by atoms with E-state index in [0.717, 1.165) is 30.4 Å². The second kappa shape index (κ2) is 13.6. The van der Waals surface area contributed by atoms with Gasteiger partial charge in [-0.05, 0) is 61.9 Å². The fraction of sp³-hybridized carbons (Fsp3) is 0.516. The standard InChI is InChI=1S/C31H42ClN5O3/c1-20(2)28(35-29(38)21(3)33-4)31(40)37-17-16-36(18-23-11-6-8-14-25(23)32)19-27(37)30(39)34-26-15-9-12-22-10-5-7-13-24(22)26/h5-8,10-11,13-14,20-21,26-28,33H,9,12,15-19H2,1-4H3,(H,34,39)(H,35,38)/t21-,26?,27-,28-/m0/s1. The number of benzene rings is 2. The van der Waals surface area contributed by atoms with Crippen molar-refractivity contribution in [2.45, 2.75) is 70.7 Å². The maximum absolute atomic E-state index is 14.0. The maximum Gasteiger partial charge on any atom is 0.246 e. The van der Waals surface area contributed by atoms with Crippen molar-refractivity contribution >= 4 is 29.3 Å². The van der Waals surface area contributed by atoms with Crippen LogP contribution in [0.3, 0.4) is 0 Å². The maximum atomic E-state index is 14.0. The van der Waals surface area contributed by atoms with Gasteiger partial charge in [-0.15, -0.1) is 0 Å². The summed E-state index contributed by atoms with van der Waals surface area (Å²) in [6.45, 7) is 7.51. The number of fused-ring (bicyclic) bond motifs is 1. The lowest BCUT2D eigenvalue weighted by Crippen LogP contribution is -2.64. The minimum atomic E-state index is -0.732. The number of rotatable bonds is 9. The lowest BCUT2D eigenvalue weighted by Gasteiger charge is -2.43. The summed E-state index contributed by atoms with van der Waals surface area (Å²) in [5.74, 6) is -0.785. The van der Waals surface area contributed by atoms with Crippen LogP contribution in [-0.4, -0.2) is 72.3 Å². The number of amides is 3. The molecule has 0 saturated carbocycles. The van der Waals surface area contributed by atoms with Crippen LogP contribution in [-0.2, 0) is 27.3 Å². The molecule has 8 nitrogen and oxygen atoms in total. The molecule has 1 aliphatic carbocycles. The first-order valence-corrected chi connectivity index (χ1v) is 14.7. The fourth-order valence-corrected chi connectivity index (χ4v) is 5.81. The molecule has 1 unspecified atom stereocenters. The fourth-order valence-electron chi connectivity index (χ4n) is 5.61. The molecule has 1 aliphatic heterocycles. The summed E-state index contributed by atoms with van der Waals surface area (Å²) in [4.78, 5) is 44.5. The quantitative estimate of drug-likeness (QED) is 0.432. The van der Waals surface area contributed by atoms with Gasteiger partial charge in [-0.2, -0.15) is 0 Å². The van der Waals surface area contributed by atoms with Crippen LogP contribution in [0.1, 0.15) is 56.3 Å². The minimum absolute atomic E-state index is 0.0922. The number of piperazine rings is 1. The van der Waals surface area contributed by atoms with Gasteiger partial charge < -0.3 is 20.9 Å². The molecular formula is C31H42ClN5O3. The Balaban J connectivity index is 1.57. The first kappa shape index (κ1) is 30.0. The van der Waals surface area contributed by atoms with Gasteiger partial charge >= 0.3 is 0 Å². The topological polar surface area (TPSA) is 93.8 Å². The summed E-state index contributed by atoms with van der Waals surface area (Å²) >= 11 is 6.44. The molecule has 3 amide bonds. The number of likely N-dealkylation sites (N-methyl/N-ethyl adjacent to an activating group) is 1. The van der Waals surface area contributed by atoms with Crippen molar-refractivity contribution in [1.82, 2.24) is 25.8 Å². The molecule has 4 atom stereocenters. The number of halogens is 1. The van der Waals surface area contributed by atoms with Crippen LogP contribution in [0.2, 0.25) is 5.02 Å². The van der Waals surface area contributed by atoms with E-state index < -0.39 is 18.1 Å². The number of hydrogen-bond acceptors (Lipinski definition) is 5. The second-order valence-electron chi connectivity index (χ2n) is 11.3.